The lowest BCUT2D eigenvalue weighted by atomic mass is 9.72. The minimum absolute atomic E-state index is 0.123. The highest BCUT2D eigenvalue weighted by Gasteiger charge is 2.37. The molecule has 2 heteroatoms. The Morgan fingerprint density at radius 3 is 2.20 bits per heavy atom. The van der Waals surface area contributed by atoms with Crippen LogP contribution in [0.5, 0.6) is 0 Å². The molecule has 2 atom stereocenters. The molecule has 1 N–H and O–H groups in total. The minimum Gasteiger partial charge on any atom is -0.367 e. The van der Waals surface area contributed by atoms with E-state index in [1.54, 1.807) is 0 Å². The molecule has 2 nitrogen and oxygen atoms in total. The Bertz CT molecular complexity index is 263. The van der Waals surface area contributed by atoms with Gasteiger partial charge in [-0.25, -0.2) is 0 Å². The third kappa shape index (κ3) is 6.13. The van der Waals surface area contributed by atoms with Gasteiger partial charge >= 0.3 is 0 Å². The fraction of sp³-hybridized carbons (Fsp3) is 1.00. The second-order valence-electron chi connectivity index (χ2n) is 8.33. The van der Waals surface area contributed by atoms with E-state index in [4.69, 9.17) is 4.74 Å². The van der Waals surface area contributed by atoms with Crippen molar-refractivity contribution in [3.05, 3.63) is 0 Å². The number of aliphatic hydroxyl groups is 1. The summed E-state index contributed by atoms with van der Waals surface area (Å²) in [5, 5.41) is 10.6. The summed E-state index contributed by atoms with van der Waals surface area (Å²) in [5.74, 6) is 0.666. The van der Waals surface area contributed by atoms with Crippen molar-refractivity contribution >= 4 is 0 Å². The third-order valence-electron chi connectivity index (χ3n) is 4.57. The molecule has 0 aromatic heterocycles. The highest BCUT2D eigenvalue weighted by Crippen LogP contribution is 2.40. The highest BCUT2D eigenvalue weighted by molar-refractivity contribution is 4.83. The zero-order valence-corrected chi connectivity index (χ0v) is 14.4. The molecule has 120 valence electrons. The lowest BCUT2D eigenvalue weighted by molar-refractivity contribution is -0.189. The zero-order valence-electron chi connectivity index (χ0n) is 14.4. The fourth-order valence-electron chi connectivity index (χ4n) is 3.86. The van der Waals surface area contributed by atoms with Gasteiger partial charge in [-0.2, -0.15) is 0 Å². The van der Waals surface area contributed by atoms with Gasteiger partial charge in [-0.05, 0) is 37.0 Å². The van der Waals surface area contributed by atoms with Gasteiger partial charge in [0.2, 0.25) is 0 Å². The van der Waals surface area contributed by atoms with Crippen LogP contribution >= 0.6 is 0 Å². The maximum Gasteiger partial charge on any atom is 0.159 e. The first-order chi connectivity index (χ1) is 9.27. The monoisotopic (exact) mass is 284 g/mol. The lowest BCUT2D eigenvalue weighted by Crippen LogP contribution is -2.38. The average Bonchev–Trinajstić information content (AvgIpc) is 2.35. The topological polar surface area (TPSA) is 29.5 Å². The number of rotatable bonds is 7. The van der Waals surface area contributed by atoms with Gasteiger partial charge < -0.3 is 9.84 Å². The first-order valence-electron chi connectivity index (χ1n) is 8.56. The standard InChI is InChI=1S/C18H36O2/c1-6-12-18(5,14-17(2,3)4)16(19)20-13-15-10-8-7-9-11-15/h15-16,19H,6-14H2,1-5H3. The first kappa shape index (κ1) is 18.0. The summed E-state index contributed by atoms with van der Waals surface area (Å²) in [6.07, 6.45) is 9.08. The molecule has 0 radical (unpaired) electrons. The second kappa shape index (κ2) is 7.79. The van der Waals surface area contributed by atoms with Crippen LogP contribution in [-0.4, -0.2) is 18.0 Å². The summed E-state index contributed by atoms with van der Waals surface area (Å²) in [7, 11) is 0. The normalized spacial score (nSPS) is 22.5. The molecule has 0 aliphatic heterocycles. The predicted octanol–water partition coefficient (Wildman–Crippen LogP) is 5.14. The van der Waals surface area contributed by atoms with Crippen molar-refractivity contribution in [2.75, 3.05) is 6.61 Å². The molecule has 0 saturated heterocycles. The maximum absolute atomic E-state index is 10.6. The molecule has 1 saturated carbocycles. The Hall–Kier alpha value is -0.0800. The van der Waals surface area contributed by atoms with Crippen molar-refractivity contribution in [1.82, 2.24) is 0 Å². The molecule has 0 spiro atoms. The average molecular weight is 284 g/mol. The molecular weight excluding hydrogens is 248 g/mol. The second-order valence-corrected chi connectivity index (χ2v) is 8.33. The van der Waals surface area contributed by atoms with Crippen LogP contribution in [0.2, 0.25) is 0 Å². The van der Waals surface area contributed by atoms with E-state index in [1.807, 2.05) is 0 Å². The van der Waals surface area contributed by atoms with E-state index in [2.05, 4.69) is 34.6 Å². The van der Waals surface area contributed by atoms with Gasteiger partial charge in [0.25, 0.3) is 0 Å². The van der Waals surface area contributed by atoms with E-state index in [0.29, 0.717) is 5.92 Å². The SMILES string of the molecule is CCCC(C)(CC(C)(C)C)C(O)OCC1CCCCC1. The van der Waals surface area contributed by atoms with E-state index in [1.165, 1.54) is 32.1 Å². The van der Waals surface area contributed by atoms with Gasteiger partial charge in [-0.3, -0.25) is 0 Å². The molecule has 1 aliphatic rings. The van der Waals surface area contributed by atoms with Crippen LogP contribution in [0.4, 0.5) is 0 Å². The summed E-state index contributed by atoms with van der Waals surface area (Å²) in [4.78, 5) is 0. The molecule has 0 amide bonds. The summed E-state index contributed by atoms with van der Waals surface area (Å²) in [6.45, 7) is 11.9. The Kier molecular flexibility index (Phi) is 7.00. The first-order valence-corrected chi connectivity index (χ1v) is 8.56. The van der Waals surface area contributed by atoms with Crippen molar-refractivity contribution in [1.29, 1.82) is 0 Å². The van der Waals surface area contributed by atoms with E-state index >= 15 is 0 Å². The van der Waals surface area contributed by atoms with Crippen LogP contribution in [0.15, 0.2) is 0 Å². The number of ether oxygens (including phenoxy) is 1. The fourth-order valence-corrected chi connectivity index (χ4v) is 3.86. The molecule has 2 unspecified atom stereocenters. The van der Waals surface area contributed by atoms with Crippen molar-refractivity contribution in [2.45, 2.75) is 92.3 Å². The van der Waals surface area contributed by atoms with Gasteiger partial charge in [-0.1, -0.05) is 60.3 Å². The molecule has 1 fully saturated rings. The highest BCUT2D eigenvalue weighted by atomic mass is 16.6. The van der Waals surface area contributed by atoms with Gasteiger partial charge in [0.1, 0.15) is 0 Å². The molecule has 1 aliphatic carbocycles. The Balaban J connectivity index is 2.51. The molecule has 1 rings (SSSR count). The van der Waals surface area contributed by atoms with Gasteiger partial charge in [0.15, 0.2) is 6.29 Å². The smallest absolute Gasteiger partial charge is 0.159 e. The number of hydrogen-bond acceptors (Lipinski definition) is 2. The molecule has 0 bridgehead atoms. The van der Waals surface area contributed by atoms with E-state index in [0.717, 1.165) is 25.9 Å². The maximum atomic E-state index is 10.6. The van der Waals surface area contributed by atoms with E-state index in [9.17, 15) is 5.11 Å². The third-order valence-corrected chi connectivity index (χ3v) is 4.57. The van der Waals surface area contributed by atoms with Crippen LogP contribution in [0.1, 0.15) is 86.0 Å². The van der Waals surface area contributed by atoms with E-state index in [-0.39, 0.29) is 10.8 Å². The molecule has 0 aromatic rings. The quantitative estimate of drug-likeness (QED) is 0.656. The van der Waals surface area contributed by atoms with Crippen LogP contribution in [0.25, 0.3) is 0 Å². The van der Waals surface area contributed by atoms with Crippen molar-refractivity contribution in [2.24, 2.45) is 16.7 Å². The van der Waals surface area contributed by atoms with Crippen LogP contribution < -0.4 is 0 Å². The lowest BCUT2D eigenvalue weighted by Gasteiger charge is -2.39. The van der Waals surface area contributed by atoms with Crippen LogP contribution in [0.3, 0.4) is 0 Å². The minimum atomic E-state index is -0.622. The summed E-state index contributed by atoms with van der Waals surface area (Å²) >= 11 is 0. The molecule has 20 heavy (non-hydrogen) atoms. The van der Waals surface area contributed by atoms with Crippen LogP contribution in [-0.2, 0) is 4.74 Å². The number of hydrogen-bond donors (Lipinski definition) is 1. The van der Waals surface area contributed by atoms with Gasteiger partial charge in [0.05, 0.1) is 6.61 Å². The van der Waals surface area contributed by atoms with Crippen molar-refractivity contribution in [3.8, 4) is 0 Å². The van der Waals surface area contributed by atoms with Gasteiger partial charge in [0, 0.05) is 5.41 Å². The molecule has 0 aromatic carbocycles. The summed E-state index contributed by atoms with van der Waals surface area (Å²) < 4.78 is 5.90. The summed E-state index contributed by atoms with van der Waals surface area (Å²) in [5.41, 5.74) is 0.0980. The van der Waals surface area contributed by atoms with E-state index < -0.39 is 6.29 Å². The Morgan fingerprint density at radius 2 is 1.70 bits per heavy atom. The summed E-state index contributed by atoms with van der Waals surface area (Å²) in [6, 6.07) is 0. The molecular formula is C18H36O2. The predicted molar refractivity (Wildman–Crippen MR) is 85.6 cm³/mol. The van der Waals surface area contributed by atoms with Crippen LogP contribution in [0, 0.1) is 16.7 Å². The van der Waals surface area contributed by atoms with Crippen molar-refractivity contribution in [3.63, 3.8) is 0 Å². The largest absolute Gasteiger partial charge is 0.367 e. The molecule has 0 heterocycles. The van der Waals surface area contributed by atoms with Gasteiger partial charge in [-0.15, -0.1) is 0 Å². The zero-order chi connectivity index (χ0) is 15.2. The Labute approximate surface area is 126 Å². The Morgan fingerprint density at radius 1 is 1.10 bits per heavy atom. The van der Waals surface area contributed by atoms with Crippen molar-refractivity contribution < 1.29 is 9.84 Å². The number of aliphatic hydroxyl groups excluding tert-OH is 1.